The molecule has 0 bridgehead atoms. The maximum Gasteiger partial charge on any atom is 0.281 e. The second-order valence-electron chi connectivity index (χ2n) is 7.75. The van der Waals surface area contributed by atoms with Crippen LogP contribution in [0.15, 0.2) is 70.2 Å². The number of carbonyl (C=O) groups excluding carboxylic acids is 1. The number of nitrogens with zero attached hydrogens (tertiary/aromatic N) is 3. The van der Waals surface area contributed by atoms with Crippen LogP contribution in [0.3, 0.4) is 0 Å². The first kappa shape index (κ1) is 26.7. The highest BCUT2D eigenvalue weighted by Gasteiger charge is 2.14. The molecule has 0 fully saturated rings. The predicted molar refractivity (Wildman–Crippen MR) is 146 cm³/mol. The van der Waals surface area contributed by atoms with Crippen LogP contribution in [0.5, 0.6) is 11.5 Å². The van der Waals surface area contributed by atoms with Crippen LogP contribution in [0.4, 0.5) is 11.4 Å². The third kappa shape index (κ3) is 6.30. The maximum absolute atomic E-state index is 12.6. The molecule has 1 N–H and O–H groups in total. The molecule has 0 spiro atoms. The van der Waals surface area contributed by atoms with E-state index in [2.05, 4.69) is 26.5 Å². The molecular weight excluding hydrogens is 580 g/mol. The topological polar surface area (TPSA) is 146 Å². The molecule has 1 amide bonds. The Hall–Kier alpha value is -4.36. The number of ether oxygens (including phenoxy) is 2. The maximum atomic E-state index is 12.6. The molecule has 38 heavy (non-hydrogen) atoms. The van der Waals surface area contributed by atoms with Crippen molar-refractivity contribution in [2.75, 3.05) is 6.61 Å². The van der Waals surface area contributed by atoms with Crippen molar-refractivity contribution in [2.45, 2.75) is 13.5 Å². The molecule has 0 aliphatic carbocycles. The quantitative estimate of drug-likeness (QED) is 0.129. The third-order valence-corrected chi connectivity index (χ3v) is 7.01. The summed E-state index contributed by atoms with van der Waals surface area (Å²) in [5, 5.41) is 26.4. The molecular formula is C25H19BrN4O7S. The molecule has 4 rings (SSSR count). The van der Waals surface area contributed by atoms with Gasteiger partial charge >= 0.3 is 0 Å². The molecule has 1 heterocycles. The Labute approximate surface area is 228 Å². The number of nitrogens with one attached hydrogen (secondary N) is 1. The van der Waals surface area contributed by atoms with Crippen molar-refractivity contribution in [1.82, 2.24) is 5.43 Å². The van der Waals surface area contributed by atoms with Crippen LogP contribution in [-0.4, -0.2) is 28.6 Å². The summed E-state index contributed by atoms with van der Waals surface area (Å²) < 4.78 is 13.0. The van der Waals surface area contributed by atoms with Crippen LogP contribution < -0.4 is 14.9 Å². The van der Waals surface area contributed by atoms with E-state index in [4.69, 9.17) is 9.47 Å². The van der Waals surface area contributed by atoms with Gasteiger partial charge in [-0.2, -0.15) is 5.10 Å². The molecule has 1 aromatic heterocycles. The zero-order valence-electron chi connectivity index (χ0n) is 19.8. The summed E-state index contributed by atoms with van der Waals surface area (Å²) >= 11 is 4.67. The lowest BCUT2D eigenvalue weighted by Gasteiger charge is -2.14. The Kier molecular flexibility index (Phi) is 8.28. The number of nitro benzene ring substituents is 2. The van der Waals surface area contributed by atoms with Crippen molar-refractivity contribution in [1.29, 1.82) is 0 Å². The van der Waals surface area contributed by atoms with E-state index in [0.29, 0.717) is 38.4 Å². The van der Waals surface area contributed by atoms with Crippen LogP contribution in [0.1, 0.15) is 27.7 Å². The van der Waals surface area contributed by atoms with E-state index in [1.165, 1.54) is 41.8 Å². The van der Waals surface area contributed by atoms with Crippen LogP contribution in [-0.2, 0) is 6.61 Å². The van der Waals surface area contributed by atoms with Crippen LogP contribution >= 0.6 is 27.3 Å². The van der Waals surface area contributed by atoms with Gasteiger partial charge in [0.1, 0.15) is 6.61 Å². The fourth-order valence-corrected chi connectivity index (χ4v) is 4.74. The molecule has 0 saturated carbocycles. The van der Waals surface area contributed by atoms with Gasteiger partial charge in [0.05, 0.1) is 27.5 Å². The summed E-state index contributed by atoms with van der Waals surface area (Å²) in [6.45, 7) is 2.38. The average Bonchev–Trinajstić information content (AvgIpc) is 3.33. The number of carbonyl (C=O) groups is 1. The fourth-order valence-electron chi connectivity index (χ4n) is 3.38. The normalized spacial score (nSPS) is 11.0. The molecule has 0 saturated heterocycles. The Morgan fingerprint density at radius 2 is 1.68 bits per heavy atom. The summed E-state index contributed by atoms with van der Waals surface area (Å²) in [7, 11) is 0. The Bertz CT molecular complexity index is 1550. The van der Waals surface area contributed by atoms with Crippen LogP contribution in [0, 0.1) is 20.2 Å². The number of hydrazone groups is 1. The second-order valence-corrected chi connectivity index (χ2v) is 9.69. The summed E-state index contributed by atoms with van der Waals surface area (Å²) in [5.74, 6) is 0.462. The lowest BCUT2D eigenvalue weighted by atomic mass is 10.2. The highest BCUT2D eigenvalue weighted by molar-refractivity contribution is 9.10. The van der Waals surface area contributed by atoms with E-state index in [-0.39, 0.29) is 18.0 Å². The number of halogens is 1. The molecule has 0 aliphatic heterocycles. The van der Waals surface area contributed by atoms with Crippen molar-refractivity contribution in [2.24, 2.45) is 5.10 Å². The molecule has 0 radical (unpaired) electrons. The number of benzene rings is 3. The minimum atomic E-state index is -0.485. The first-order valence-electron chi connectivity index (χ1n) is 11.1. The fraction of sp³-hybridized carbons (Fsp3) is 0.120. The number of fused-ring (bicyclic) bond motifs is 1. The standard InChI is InChI=1S/C25H19BrN4O7S/c1-2-36-21-10-17(20(26)12-22(21)37-14-15-3-5-18(6-4-15)29(32)33)13-27-28-25(31)24-11-16-9-19(30(34)35)7-8-23(16)38-24/h3-13H,2,14H2,1H3,(H,28,31)/b27-13-. The van der Waals surface area contributed by atoms with Gasteiger partial charge in [0, 0.05) is 44.4 Å². The lowest BCUT2D eigenvalue weighted by Crippen LogP contribution is -2.16. The number of thiophene rings is 1. The minimum Gasteiger partial charge on any atom is -0.490 e. The van der Waals surface area contributed by atoms with Gasteiger partial charge in [-0.25, -0.2) is 5.43 Å². The van der Waals surface area contributed by atoms with E-state index in [9.17, 15) is 25.0 Å². The van der Waals surface area contributed by atoms with Crippen LogP contribution in [0.25, 0.3) is 10.1 Å². The van der Waals surface area contributed by atoms with Gasteiger partial charge in [-0.3, -0.25) is 25.0 Å². The Morgan fingerprint density at radius 3 is 2.37 bits per heavy atom. The first-order chi connectivity index (χ1) is 18.2. The van der Waals surface area contributed by atoms with Crippen LogP contribution in [0.2, 0.25) is 0 Å². The highest BCUT2D eigenvalue weighted by atomic mass is 79.9. The van der Waals surface area contributed by atoms with Crippen molar-refractivity contribution < 1.29 is 24.1 Å². The summed E-state index contributed by atoms with van der Waals surface area (Å²) in [4.78, 5) is 33.8. The number of rotatable bonds is 10. The smallest absolute Gasteiger partial charge is 0.281 e. The van der Waals surface area contributed by atoms with Gasteiger partial charge in [-0.05, 0) is 64.8 Å². The molecule has 11 nitrogen and oxygen atoms in total. The second kappa shape index (κ2) is 11.8. The summed E-state index contributed by atoms with van der Waals surface area (Å²) in [6, 6.07) is 15.5. The number of hydrogen-bond donors (Lipinski definition) is 1. The van der Waals surface area contributed by atoms with Crippen molar-refractivity contribution >= 4 is 60.8 Å². The molecule has 4 aromatic rings. The largest absolute Gasteiger partial charge is 0.490 e. The van der Waals surface area contributed by atoms with Gasteiger partial charge in [-0.15, -0.1) is 11.3 Å². The first-order valence-corrected chi connectivity index (χ1v) is 12.7. The number of nitro groups is 2. The minimum absolute atomic E-state index is 0.00133. The van der Waals surface area contributed by atoms with E-state index < -0.39 is 15.8 Å². The SMILES string of the molecule is CCOc1cc(/C=N\NC(=O)c2cc3cc([N+](=O)[O-])ccc3s2)c(Br)cc1OCc1ccc([N+](=O)[O-])cc1. The molecule has 13 heteroatoms. The van der Waals surface area contributed by atoms with Gasteiger partial charge in [0.2, 0.25) is 0 Å². The highest BCUT2D eigenvalue weighted by Crippen LogP contribution is 2.34. The van der Waals surface area contributed by atoms with Gasteiger partial charge in [-0.1, -0.05) is 0 Å². The molecule has 0 atom stereocenters. The molecule has 3 aromatic carbocycles. The van der Waals surface area contributed by atoms with Gasteiger partial charge in [0.15, 0.2) is 11.5 Å². The lowest BCUT2D eigenvalue weighted by molar-refractivity contribution is -0.385. The van der Waals surface area contributed by atoms with Gasteiger partial charge < -0.3 is 9.47 Å². The average molecular weight is 599 g/mol. The van der Waals surface area contributed by atoms with E-state index in [0.717, 1.165) is 10.3 Å². The Morgan fingerprint density at radius 1 is 1.00 bits per heavy atom. The van der Waals surface area contributed by atoms with Crippen molar-refractivity contribution in [3.8, 4) is 11.5 Å². The summed E-state index contributed by atoms with van der Waals surface area (Å²) in [5.41, 5.74) is 3.78. The van der Waals surface area contributed by atoms with Crippen molar-refractivity contribution in [3.05, 3.63) is 101 Å². The molecule has 194 valence electrons. The predicted octanol–water partition coefficient (Wildman–Crippen LogP) is 6.22. The molecule has 0 aliphatic rings. The van der Waals surface area contributed by atoms with E-state index in [1.54, 1.807) is 36.4 Å². The third-order valence-electron chi connectivity index (χ3n) is 5.21. The number of non-ortho nitro benzene ring substituents is 2. The zero-order chi connectivity index (χ0) is 27.2. The van der Waals surface area contributed by atoms with E-state index in [1.807, 2.05) is 6.92 Å². The molecule has 0 unspecified atom stereocenters. The summed E-state index contributed by atoms with van der Waals surface area (Å²) in [6.07, 6.45) is 1.45. The number of amides is 1. The monoisotopic (exact) mass is 598 g/mol. The Balaban J connectivity index is 1.45. The zero-order valence-corrected chi connectivity index (χ0v) is 22.2. The van der Waals surface area contributed by atoms with Crippen molar-refractivity contribution in [3.63, 3.8) is 0 Å². The van der Waals surface area contributed by atoms with Gasteiger partial charge in [0.25, 0.3) is 17.3 Å². The van der Waals surface area contributed by atoms with E-state index >= 15 is 0 Å². The number of hydrogen-bond acceptors (Lipinski definition) is 9.